The van der Waals surface area contributed by atoms with Gasteiger partial charge < -0.3 is 9.47 Å². The SMILES string of the molecule is CCCC(C)C1CCC(C2CCC(CCC3CCC(C4COC(CCC=C(F)F)OC4)CC3)CC2)CC1. The van der Waals surface area contributed by atoms with Crippen molar-refractivity contribution in [3.05, 3.63) is 12.2 Å². The quantitative estimate of drug-likeness (QED) is 0.269. The summed E-state index contributed by atoms with van der Waals surface area (Å²) in [5, 5.41) is 0. The first-order valence-corrected chi connectivity index (χ1v) is 16.3. The summed E-state index contributed by atoms with van der Waals surface area (Å²) in [7, 11) is 0. The standard InChI is InChI=1S/C33H56F2O2/c1-3-5-24(2)27-18-20-29(21-19-27)28-14-10-25(11-15-28)8-9-26-12-16-30(17-13-26)31-22-36-33(37-23-31)7-4-6-32(34)35/h6,24-31,33H,3-5,7-23H2,1-2H3. The van der Waals surface area contributed by atoms with Crippen LogP contribution in [0.4, 0.5) is 8.78 Å². The van der Waals surface area contributed by atoms with Gasteiger partial charge in [0.1, 0.15) is 0 Å². The number of ether oxygens (including phenoxy) is 2. The summed E-state index contributed by atoms with van der Waals surface area (Å²) in [6.45, 7) is 6.33. The van der Waals surface area contributed by atoms with Gasteiger partial charge in [-0.15, -0.1) is 0 Å². The fraction of sp³-hybridized carbons (Fsp3) is 0.939. The van der Waals surface area contributed by atoms with Crippen molar-refractivity contribution in [3.8, 4) is 0 Å². The summed E-state index contributed by atoms with van der Waals surface area (Å²) in [5.41, 5.74) is 0. The molecular weight excluding hydrogens is 466 g/mol. The van der Waals surface area contributed by atoms with Crippen molar-refractivity contribution in [2.75, 3.05) is 13.2 Å². The highest BCUT2D eigenvalue weighted by molar-refractivity contribution is 4.85. The summed E-state index contributed by atoms with van der Waals surface area (Å²) < 4.78 is 36.1. The topological polar surface area (TPSA) is 18.5 Å². The monoisotopic (exact) mass is 522 g/mol. The Morgan fingerprint density at radius 1 is 0.703 bits per heavy atom. The van der Waals surface area contributed by atoms with Gasteiger partial charge in [-0.05, 0) is 105 Å². The van der Waals surface area contributed by atoms with Gasteiger partial charge in [-0.2, -0.15) is 8.78 Å². The van der Waals surface area contributed by atoms with Crippen LogP contribution in [-0.2, 0) is 9.47 Å². The lowest BCUT2D eigenvalue weighted by molar-refractivity contribution is -0.211. The van der Waals surface area contributed by atoms with Gasteiger partial charge in [0.05, 0.1) is 13.2 Å². The van der Waals surface area contributed by atoms with Crippen LogP contribution in [0.2, 0.25) is 0 Å². The minimum atomic E-state index is -1.61. The average molecular weight is 523 g/mol. The molecule has 4 heteroatoms. The summed E-state index contributed by atoms with van der Waals surface area (Å²) in [6, 6.07) is 0. The zero-order valence-electron chi connectivity index (χ0n) is 24.0. The van der Waals surface area contributed by atoms with Gasteiger partial charge in [-0.1, -0.05) is 65.2 Å². The molecule has 2 nitrogen and oxygen atoms in total. The molecular formula is C33H56F2O2. The number of hydrogen-bond donors (Lipinski definition) is 0. The van der Waals surface area contributed by atoms with Gasteiger partial charge >= 0.3 is 0 Å². The Balaban J connectivity index is 1.05. The largest absolute Gasteiger partial charge is 0.352 e. The maximum Gasteiger partial charge on any atom is 0.266 e. The van der Waals surface area contributed by atoms with Gasteiger partial charge in [0.15, 0.2) is 6.29 Å². The number of halogens is 2. The van der Waals surface area contributed by atoms with Crippen LogP contribution < -0.4 is 0 Å². The second-order valence-electron chi connectivity index (χ2n) is 13.5. The lowest BCUT2D eigenvalue weighted by atomic mass is 9.66. The summed E-state index contributed by atoms with van der Waals surface area (Å²) >= 11 is 0. The highest BCUT2D eigenvalue weighted by atomic mass is 19.3. The minimum absolute atomic E-state index is 0.303. The van der Waals surface area contributed by atoms with Gasteiger partial charge in [-0.3, -0.25) is 0 Å². The van der Waals surface area contributed by atoms with Crippen molar-refractivity contribution in [2.24, 2.45) is 47.3 Å². The van der Waals surface area contributed by atoms with E-state index in [0.717, 1.165) is 60.7 Å². The van der Waals surface area contributed by atoms with Gasteiger partial charge in [0.25, 0.3) is 6.08 Å². The van der Waals surface area contributed by atoms with E-state index in [1.54, 1.807) is 0 Å². The lowest BCUT2D eigenvalue weighted by Gasteiger charge is -2.40. The molecule has 1 aliphatic heterocycles. The number of rotatable bonds is 11. The molecule has 4 rings (SSSR count). The van der Waals surface area contributed by atoms with Crippen LogP contribution >= 0.6 is 0 Å². The van der Waals surface area contributed by atoms with Gasteiger partial charge in [0, 0.05) is 12.3 Å². The third-order valence-corrected chi connectivity index (χ3v) is 11.2. The minimum Gasteiger partial charge on any atom is -0.352 e. The summed E-state index contributed by atoms with van der Waals surface area (Å²) in [5.74, 6) is 7.17. The predicted molar refractivity (Wildman–Crippen MR) is 148 cm³/mol. The highest BCUT2D eigenvalue weighted by Gasteiger charge is 2.34. The molecule has 1 atom stereocenters. The zero-order valence-corrected chi connectivity index (χ0v) is 24.0. The van der Waals surface area contributed by atoms with E-state index in [9.17, 15) is 8.78 Å². The summed E-state index contributed by atoms with van der Waals surface area (Å²) in [6.07, 6.45) is 23.0. The molecule has 4 aliphatic rings. The Hall–Kier alpha value is -0.480. The van der Waals surface area contributed by atoms with Crippen LogP contribution in [0.5, 0.6) is 0 Å². The van der Waals surface area contributed by atoms with Gasteiger partial charge in [-0.25, -0.2) is 0 Å². The van der Waals surface area contributed by atoms with Crippen LogP contribution in [-0.4, -0.2) is 19.5 Å². The smallest absolute Gasteiger partial charge is 0.266 e. The third-order valence-electron chi connectivity index (χ3n) is 11.2. The fourth-order valence-electron chi connectivity index (χ4n) is 8.57. The van der Waals surface area contributed by atoms with Crippen molar-refractivity contribution in [1.82, 2.24) is 0 Å². The van der Waals surface area contributed by atoms with Crippen molar-refractivity contribution in [3.63, 3.8) is 0 Å². The van der Waals surface area contributed by atoms with E-state index >= 15 is 0 Å². The van der Waals surface area contributed by atoms with Crippen LogP contribution in [0.25, 0.3) is 0 Å². The Labute approximate surface area is 226 Å². The molecule has 0 radical (unpaired) electrons. The maximum atomic E-state index is 12.2. The molecule has 3 aliphatic carbocycles. The molecule has 1 heterocycles. The normalized spacial score (nSPS) is 38.2. The first-order chi connectivity index (χ1) is 18.0. The van der Waals surface area contributed by atoms with Gasteiger partial charge in [0.2, 0.25) is 0 Å². The molecule has 214 valence electrons. The zero-order chi connectivity index (χ0) is 26.0. The van der Waals surface area contributed by atoms with Crippen molar-refractivity contribution in [2.45, 2.75) is 136 Å². The molecule has 0 bridgehead atoms. The Morgan fingerprint density at radius 3 is 1.68 bits per heavy atom. The van der Waals surface area contributed by atoms with E-state index in [1.165, 1.54) is 103 Å². The predicted octanol–water partition coefficient (Wildman–Crippen LogP) is 10.2. The fourth-order valence-corrected chi connectivity index (χ4v) is 8.57. The van der Waals surface area contributed by atoms with E-state index in [1.807, 2.05) is 0 Å². The van der Waals surface area contributed by atoms with E-state index in [0.29, 0.717) is 18.8 Å². The number of allylic oxidation sites excluding steroid dienone is 1. The van der Waals surface area contributed by atoms with Crippen molar-refractivity contribution < 1.29 is 18.3 Å². The van der Waals surface area contributed by atoms with Crippen molar-refractivity contribution >= 4 is 0 Å². The van der Waals surface area contributed by atoms with E-state index in [4.69, 9.17) is 9.47 Å². The van der Waals surface area contributed by atoms with E-state index in [-0.39, 0.29) is 6.29 Å². The Bertz CT molecular complexity index is 645. The molecule has 3 saturated carbocycles. The molecule has 0 spiro atoms. The molecule has 0 amide bonds. The molecule has 0 aromatic carbocycles. The molecule has 37 heavy (non-hydrogen) atoms. The molecule has 0 aromatic heterocycles. The maximum absolute atomic E-state index is 12.2. The molecule has 0 aromatic rings. The second kappa shape index (κ2) is 15.3. The molecule has 1 unspecified atom stereocenters. The van der Waals surface area contributed by atoms with Crippen LogP contribution in [0, 0.1) is 47.3 Å². The lowest BCUT2D eigenvalue weighted by Crippen LogP contribution is -2.37. The van der Waals surface area contributed by atoms with Crippen LogP contribution in [0.3, 0.4) is 0 Å². The highest BCUT2D eigenvalue weighted by Crippen LogP contribution is 2.45. The first kappa shape index (κ1) is 29.5. The first-order valence-electron chi connectivity index (χ1n) is 16.3. The molecule has 0 N–H and O–H groups in total. The summed E-state index contributed by atoms with van der Waals surface area (Å²) in [4.78, 5) is 0. The molecule has 1 saturated heterocycles. The van der Waals surface area contributed by atoms with Crippen LogP contribution in [0.1, 0.15) is 129 Å². The van der Waals surface area contributed by atoms with E-state index < -0.39 is 6.08 Å². The number of hydrogen-bond acceptors (Lipinski definition) is 2. The average Bonchev–Trinajstić information content (AvgIpc) is 2.93. The Kier molecular flexibility index (Phi) is 12.2. The van der Waals surface area contributed by atoms with Crippen molar-refractivity contribution in [1.29, 1.82) is 0 Å². The third kappa shape index (κ3) is 9.30. The van der Waals surface area contributed by atoms with Crippen LogP contribution in [0.15, 0.2) is 12.2 Å². The molecule has 4 fully saturated rings. The second-order valence-corrected chi connectivity index (χ2v) is 13.5. The Morgan fingerprint density at radius 2 is 1.19 bits per heavy atom. The van der Waals surface area contributed by atoms with E-state index in [2.05, 4.69) is 13.8 Å².